The molecule has 2 aliphatic heterocycles. The first-order valence-corrected chi connectivity index (χ1v) is 7.31. The number of rotatable bonds is 3. The van der Waals surface area contributed by atoms with Gasteiger partial charge in [0.05, 0.1) is 0 Å². The van der Waals surface area contributed by atoms with Gasteiger partial charge in [-0.3, -0.25) is 14.5 Å². The fourth-order valence-electron chi connectivity index (χ4n) is 2.98. The molecule has 0 N–H and O–H groups in total. The minimum Gasteiger partial charge on any atom is -0.342 e. The third-order valence-electron chi connectivity index (χ3n) is 4.22. The van der Waals surface area contributed by atoms with Crippen LogP contribution < -0.4 is 0 Å². The molecular formula is C16H20N2O2. The molecule has 0 radical (unpaired) electrons. The van der Waals surface area contributed by atoms with Gasteiger partial charge >= 0.3 is 0 Å². The van der Waals surface area contributed by atoms with E-state index in [1.54, 1.807) is 0 Å². The number of ketones is 1. The number of hydrogen-bond donors (Lipinski definition) is 0. The van der Waals surface area contributed by atoms with E-state index < -0.39 is 0 Å². The van der Waals surface area contributed by atoms with Crippen molar-refractivity contribution in [3.8, 4) is 0 Å². The first kappa shape index (κ1) is 13.3. The highest BCUT2D eigenvalue weighted by molar-refractivity contribution is 5.83. The molecular weight excluding hydrogens is 252 g/mol. The summed E-state index contributed by atoms with van der Waals surface area (Å²) in [4.78, 5) is 27.5. The van der Waals surface area contributed by atoms with Gasteiger partial charge in [0.1, 0.15) is 5.78 Å². The second kappa shape index (κ2) is 5.75. The minimum absolute atomic E-state index is 0.188. The number of carbonyl (C=O) groups excluding carboxylic acids is 2. The smallest absolute Gasteiger partial charge is 0.223 e. The van der Waals surface area contributed by atoms with Crippen LogP contribution in [-0.2, 0) is 22.7 Å². The maximum atomic E-state index is 12.1. The Hall–Kier alpha value is -1.68. The number of hydrogen-bond acceptors (Lipinski definition) is 3. The van der Waals surface area contributed by atoms with Gasteiger partial charge in [-0.25, -0.2) is 0 Å². The Morgan fingerprint density at radius 3 is 2.25 bits per heavy atom. The number of benzene rings is 1. The van der Waals surface area contributed by atoms with Crippen LogP contribution in [0.4, 0.5) is 0 Å². The molecule has 3 rings (SSSR count). The van der Waals surface area contributed by atoms with Crippen molar-refractivity contribution in [1.82, 2.24) is 9.80 Å². The van der Waals surface area contributed by atoms with Crippen LogP contribution in [0.3, 0.4) is 0 Å². The van der Waals surface area contributed by atoms with Crippen LogP contribution >= 0.6 is 0 Å². The third-order valence-corrected chi connectivity index (χ3v) is 4.22. The Morgan fingerprint density at radius 2 is 1.65 bits per heavy atom. The number of likely N-dealkylation sites (tertiary alicyclic amines) is 1. The summed E-state index contributed by atoms with van der Waals surface area (Å²) < 4.78 is 0. The summed E-state index contributed by atoms with van der Waals surface area (Å²) in [5, 5.41) is 0. The van der Waals surface area contributed by atoms with Crippen LogP contribution in [0.5, 0.6) is 0 Å². The van der Waals surface area contributed by atoms with Gasteiger partial charge in [0, 0.05) is 52.0 Å². The monoisotopic (exact) mass is 272 g/mol. The number of nitrogens with zero attached hydrogens (tertiary/aromatic N) is 2. The summed E-state index contributed by atoms with van der Waals surface area (Å²) in [6, 6.07) is 8.46. The molecule has 1 amide bonds. The highest BCUT2D eigenvalue weighted by atomic mass is 16.2. The van der Waals surface area contributed by atoms with Gasteiger partial charge in [0.2, 0.25) is 5.91 Å². The topological polar surface area (TPSA) is 40.6 Å². The Morgan fingerprint density at radius 1 is 1.05 bits per heavy atom. The van der Waals surface area contributed by atoms with E-state index in [1.165, 1.54) is 11.1 Å². The second-order valence-corrected chi connectivity index (χ2v) is 5.65. The third kappa shape index (κ3) is 2.90. The second-order valence-electron chi connectivity index (χ2n) is 5.65. The zero-order valence-electron chi connectivity index (χ0n) is 11.7. The van der Waals surface area contributed by atoms with Crippen molar-refractivity contribution in [3.63, 3.8) is 0 Å². The molecule has 0 spiro atoms. The molecule has 2 heterocycles. The predicted octanol–water partition coefficient (Wildman–Crippen LogP) is 1.58. The zero-order valence-corrected chi connectivity index (χ0v) is 11.7. The lowest BCUT2D eigenvalue weighted by atomic mass is 10.1. The number of carbonyl (C=O) groups is 2. The van der Waals surface area contributed by atoms with Crippen molar-refractivity contribution >= 4 is 11.7 Å². The van der Waals surface area contributed by atoms with E-state index in [2.05, 4.69) is 29.2 Å². The molecule has 4 nitrogen and oxygen atoms in total. The predicted molar refractivity (Wildman–Crippen MR) is 76.0 cm³/mol. The first-order chi connectivity index (χ1) is 9.72. The molecule has 106 valence electrons. The fraction of sp³-hybridized carbons (Fsp3) is 0.500. The number of Topliss-reactive ketones (excluding diaryl/α,β-unsaturated/α-hetero) is 1. The fourth-order valence-corrected chi connectivity index (χ4v) is 2.98. The maximum Gasteiger partial charge on any atom is 0.223 e. The summed E-state index contributed by atoms with van der Waals surface area (Å²) in [5.74, 6) is 0.470. The zero-order chi connectivity index (χ0) is 13.9. The summed E-state index contributed by atoms with van der Waals surface area (Å²) >= 11 is 0. The minimum atomic E-state index is 0.188. The lowest BCUT2D eigenvalue weighted by molar-refractivity contribution is -0.134. The standard InChI is InChI=1S/C16H20N2O2/c19-15-5-9-18(10-6-15)16(20)7-8-17-11-13-3-1-2-4-14(13)12-17/h1-4H,5-12H2. The molecule has 1 aromatic rings. The van der Waals surface area contributed by atoms with E-state index in [0.29, 0.717) is 32.4 Å². The highest BCUT2D eigenvalue weighted by Crippen LogP contribution is 2.22. The van der Waals surface area contributed by atoms with E-state index in [4.69, 9.17) is 0 Å². The first-order valence-electron chi connectivity index (χ1n) is 7.31. The van der Waals surface area contributed by atoms with E-state index in [9.17, 15) is 9.59 Å². The Balaban J connectivity index is 1.47. The van der Waals surface area contributed by atoms with E-state index >= 15 is 0 Å². The van der Waals surface area contributed by atoms with Crippen LogP contribution in [0, 0.1) is 0 Å². The average Bonchev–Trinajstić information content (AvgIpc) is 2.88. The molecule has 0 bridgehead atoms. The quantitative estimate of drug-likeness (QED) is 0.839. The summed E-state index contributed by atoms with van der Waals surface area (Å²) in [6.07, 6.45) is 1.62. The van der Waals surface area contributed by atoms with Gasteiger partial charge in [0.25, 0.3) is 0 Å². The van der Waals surface area contributed by atoms with Crippen molar-refractivity contribution in [1.29, 1.82) is 0 Å². The van der Waals surface area contributed by atoms with Crippen LogP contribution in [0.2, 0.25) is 0 Å². The Bertz CT molecular complexity index is 492. The molecule has 1 fully saturated rings. The summed E-state index contributed by atoms with van der Waals surface area (Å²) in [6.45, 7) is 3.91. The largest absolute Gasteiger partial charge is 0.342 e. The average molecular weight is 272 g/mol. The van der Waals surface area contributed by atoms with Gasteiger partial charge in [-0.1, -0.05) is 24.3 Å². The molecule has 1 aromatic carbocycles. The molecule has 1 saturated heterocycles. The van der Waals surface area contributed by atoms with Crippen molar-refractivity contribution < 1.29 is 9.59 Å². The van der Waals surface area contributed by atoms with Crippen LogP contribution in [-0.4, -0.2) is 41.1 Å². The molecule has 0 aromatic heterocycles. The molecule has 4 heteroatoms. The molecule has 0 unspecified atom stereocenters. The molecule has 2 aliphatic rings. The van der Waals surface area contributed by atoms with E-state index in [0.717, 1.165) is 19.6 Å². The van der Waals surface area contributed by atoms with Crippen LogP contribution in [0.15, 0.2) is 24.3 Å². The van der Waals surface area contributed by atoms with Crippen LogP contribution in [0.25, 0.3) is 0 Å². The summed E-state index contributed by atoms with van der Waals surface area (Å²) in [7, 11) is 0. The number of piperidine rings is 1. The molecule has 0 aliphatic carbocycles. The molecule has 20 heavy (non-hydrogen) atoms. The maximum absolute atomic E-state index is 12.1. The molecule has 0 atom stereocenters. The normalized spacial score (nSPS) is 19.2. The lowest BCUT2D eigenvalue weighted by Crippen LogP contribution is -2.39. The summed E-state index contributed by atoms with van der Waals surface area (Å²) in [5.41, 5.74) is 2.76. The Kier molecular flexibility index (Phi) is 3.83. The Labute approximate surface area is 119 Å². The molecule has 0 saturated carbocycles. The van der Waals surface area contributed by atoms with E-state index in [1.807, 2.05) is 4.90 Å². The van der Waals surface area contributed by atoms with Crippen molar-refractivity contribution in [2.45, 2.75) is 32.4 Å². The number of amides is 1. The van der Waals surface area contributed by atoms with Gasteiger partial charge in [-0.15, -0.1) is 0 Å². The van der Waals surface area contributed by atoms with Gasteiger partial charge < -0.3 is 4.90 Å². The SMILES string of the molecule is O=C1CCN(C(=O)CCN2Cc3ccccc3C2)CC1. The van der Waals surface area contributed by atoms with E-state index in [-0.39, 0.29) is 11.7 Å². The van der Waals surface area contributed by atoms with Crippen molar-refractivity contribution in [2.75, 3.05) is 19.6 Å². The lowest BCUT2D eigenvalue weighted by Gasteiger charge is -2.27. The van der Waals surface area contributed by atoms with Crippen molar-refractivity contribution in [2.24, 2.45) is 0 Å². The van der Waals surface area contributed by atoms with Crippen LogP contribution in [0.1, 0.15) is 30.4 Å². The van der Waals surface area contributed by atoms with Gasteiger partial charge in [0.15, 0.2) is 0 Å². The van der Waals surface area contributed by atoms with Gasteiger partial charge in [-0.05, 0) is 11.1 Å². The van der Waals surface area contributed by atoms with Crippen molar-refractivity contribution in [3.05, 3.63) is 35.4 Å². The van der Waals surface area contributed by atoms with Gasteiger partial charge in [-0.2, -0.15) is 0 Å². The highest BCUT2D eigenvalue weighted by Gasteiger charge is 2.23. The number of fused-ring (bicyclic) bond motifs is 1.